The molecule has 1 aromatic rings. The monoisotopic (exact) mass is 224 g/mol. The van der Waals surface area contributed by atoms with E-state index in [0.717, 1.165) is 25.3 Å². The molecule has 0 amide bonds. The number of hydrogen-bond acceptors (Lipinski definition) is 2. The second-order valence-corrected chi connectivity index (χ2v) is 3.58. The quantitative estimate of drug-likeness (QED) is 0.546. The second-order valence-electron chi connectivity index (χ2n) is 3.27. The average Bonchev–Trinajstić information content (AvgIpc) is 2.29. The first-order valence-corrected chi connectivity index (χ1v) is 5.73. The highest BCUT2D eigenvalue weighted by Gasteiger charge is 2.01. The third-order valence-corrected chi connectivity index (χ3v) is 2.36. The summed E-state index contributed by atoms with van der Waals surface area (Å²) in [4.78, 5) is 6.61. The van der Waals surface area contributed by atoms with Gasteiger partial charge < -0.3 is 0 Å². The van der Waals surface area contributed by atoms with E-state index in [1.807, 2.05) is 30.5 Å². The fraction of sp³-hybridized carbons (Fsp3) is 0.417. The maximum absolute atomic E-state index is 5.57. The SMILES string of the molecule is CCN(CC=CCCl)Cc1ccccn1. The molecular formula is C12H17ClN2. The summed E-state index contributed by atoms with van der Waals surface area (Å²) in [5.41, 5.74) is 1.11. The van der Waals surface area contributed by atoms with Gasteiger partial charge in [0.05, 0.1) is 5.69 Å². The fourth-order valence-electron chi connectivity index (χ4n) is 1.31. The lowest BCUT2D eigenvalue weighted by atomic mass is 10.3. The van der Waals surface area contributed by atoms with Gasteiger partial charge in [0.1, 0.15) is 0 Å². The predicted molar refractivity (Wildman–Crippen MR) is 65.0 cm³/mol. The zero-order valence-corrected chi connectivity index (χ0v) is 9.82. The van der Waals surface area contributed by atoms with Crippen LogP contribution < -0.4 is 0 Å². The second kappa shape index (κ2) is 7.43. The van der Waals surface area contributed by atoms with Gasteiger partial charge in [-0.1, -0.05) is 25.1 Å². The van der Waals surface area contributed by atoms with Crippen molar-refractivity contribution in [3.8, 4) is 0 Å². The topological polar surface area (TPSA) is 16.1 Å². The van der Waals surface area contributed by atoms with Crippen molar-refractivity contribution < 1.29 is 0 Å². The van der Waals surface area contributed by atoms with Crippen molar-refractivity contribution in [2.75, 3.05) is 19.0 Å². The molecular weight excluding hydrogens is 208 g/mol. The van der Waals surface area contributed by atoms with Gasteiger partial charge in [0.15, 0.2) is 0 Å². The molecule has 1 rings (SSSR count). The zero-order chi connectivity index (χ0) is 10.9. The highest BCUT2D eigenvalue weighted by atomic mass is 35.5. The summed E-state index contributed by atoms with van der Waals surface area (Å²) in [7, 11) is 0. The van der Waals surface area contributed by atoms with E-state index in [0.29, 0.717) is 5.88 Å². The Kier molecular flexibility index (Phi) is 6.05. The van der Waals surface area contributed by atoms with Crippen LogP contribution in [0.5, 0.6) is 0 Å². The van der Waals surface area contributed by atoms with Gasteiger partial charge in [0.2, 0.25) is 0 Å². The van der Waals surface area contributed by atoms with Crippen molar-refractivity contribution in [1.82, 2.24) is 9.88 Å². The van der Waals surface area contributed by atoms with E-state index in [1.54, 1.807) is 0 Å². The maximum atomic E-state index is 5.57. The standard InChI is InChI=1S/C12H17ClN2/c1-2-15(10-6-4-8-13)11-12-7-3-5-9-14-12/h3-7,9H,2,8,10-11H2,1H3. The van der Waals surface area contributed by atoms with Gasteiger partial charge in [-0.3, -0.25) is 9.88 Å². The first-order chi connectivity index (χ1) is 7.36. The van der Waals surface area contributed by atoms with Gasteiger partial charge in [-0.15, -0.1) is 11.6 Å². The lowest BCUT2D eigenvalue weighted by Gasteiger charge is -2.17. The largest absolute Gasteiger partial charge is 0.294 e. The average molecular weight is 225 g/mol. The number of pyridine rings is 1. The number of allylic oxidation sites excluding steroid dienone is 1. The highest BCUT2D eigenvalue weighted by Crippen LogP contribution is 2.00. The van der Waals surface area contributed by atoms with E-state index < -0.39 is 0 Å². The first-order valence-electron chi connectivity index (χ1n) is 5.20. The van der Waals surface area contributed by atoms with Gasteiger partial charge in [-0.2, -0.15) is 0 Å². The summed E-state index contributed by atoms with van der Waals surface area (Å²) >= 11 is 5.57. The molecule has 0 fully saturated rings. The van der Waals surface area contributed by atoms with E-state index >= 15 is 0 Å². The number of alkyl halides is 1. The lowest BCUT2D eigenvalue weighted by Crippen LogP contribution is -2.23. The van der Waals surface area contributed by atoms with Gasteiger partial charge in [0, 0.05) is 25.2 Å². The summed E-state index contributed by atoms with van der Waals surface area (Å²) in [6.45, 7) is 4.99. The Labute approximate surface area is 96.6 Å². The van der Waals surface area contributed by atoms with Crippen molar-refractivity contribution in [2.24, 2.45) is 0 Å². The van der Waals surface area contributed by atoms with Crippen molar-refractivity contribution in [3.05, 3.63) is 42.2 Å². The van der Waals surface area contributed by atoms with Gasteiger partial charge >= 0.3 is 0 Å². The summed E-state index contributed by atoms with van der Waals surface area (Å²) in [5.74, 6) is 0.584. The van der Waals surface area contributed by atoms with Crippen LogP contribution in [-0.2, 0) is 6.54 Å². The molecule has 0 saturated carbocycles. The first kappa shape index (κ1) is 12.2. The molecule has 82 valence electrons. The predicted octanol–water partition coefficient (Wildman–Crippen LogP) is 2.70. The van der Waals surface area contributed by atoms with Gasteiger partial charge in [-0.05, 0) is 18.7 Å². The third-order valence-electron chi connectivity index (χ3n) is 2.18. The molecule has 0 unspecified atom stereocenters. The van der Waals surface area contributed by atoms with Crippen LogP contribution in [0.15, 0.2) is 36.5 Å². The molecule has 0 spiro atoms. The Bertz CT molecular complexity index is 285. The van der Waals surface area contributed by atoms with Gasteiger partial charge in [-0.25, -0.2) is 0 Å². The van der Waals surface area contributed by atoms with Crippen molar-refractivity contribution in [3.63, 3.8) is 0 Å². The zero-order valence-electron chi connectivity index (χ0n) is 9.06. The van der Waals surface area contributed by atoms with Crippen LogP contribution in [-0.4, -0.2) is 28.9 Å². The third kappa shape index (κ3) is 4.96. The molecule has 0 N–H and O–H groups in total. The smallest absolute Gasteiger partial charge is 0.0544 e. The molecule has 0 aromatic carbocycles. The molecule has 15 heavy (non-hydrogen) atoms. The number of rotatable bonds is 6. The number of nitrogens with zero attached hydrogens (tertiary/aromatic N) is 2. The maximum Gasteiger partial charge on any atom is 0.0544 e. The molecule has 0 aliphatic carbocycles. The van der Waals surface area contributed by atoms with E-state index in [1.165, 1.54) is 0 Å². The number of halogens is 1. The number of hydrogen-bond donors (Lipinski definition) is 0. The van der Waals surface area contributed by atoms with E-state index in [9.17, 15) is 0 Å². The molecule has 3 heteroatoms. The Hall–Kier alpha value is -0.860. The number of aromatic nitrogens is 1. The Morgan fingerprint density at radius 3 is 2.87 bits per heavy atom. The van der Waals surface area contributed by atoms with Crippen molar-refractivity contribution >= 4 is 11.6 Å². The summed E-state index contributed by atoms with van der Waals surface area (Å²) in [6.07, 6.45) is 5.90. The Morgan fingerprint density at radius 1 is 1.40 bits per heavy atom. The number of likely N-dealkylation sites (N-methyl/N-ethyl adjacent to an activating group) is 1. The summed E-state index contributed by atoms with van der Waals surface area (Å²) in [6, 6.07) is 6.01. The van der Waals surface area contributed by atoms with Crippen LogP contribution in [0.1, 0.15) is 12.6 Å². The normalized spacial score (nSPS) is 11.4. The van der Waals surface area contributed by atoms with Crippen molar-refractivity contribution in [2.45, 2.75) is 13.5 Å². The molecule has 0 radical (unpaired) electrons. The van der Waals surface area contributed by atoms with Crippen LogP contribution in [0.2, 0.25) is 0 Å². The van der Waals surface area contributed by atoms with Crippen molar-refractivity contribution in [1.29, 1.82) is 0 Å². The molecule has 0 atom stereocenters. The molecule has 0 bridgehead atoms. The van der Waals surface area contributed by atoms with Crippen LogP contribution in [0.4, 0.5) is 0 Å². The van der Waals surface area contributed by atoms with Crippen LogP contribution >= 0.6 is 11.6 Å². The van der Waals surface area contributed by atoms with Gasteiger partial charge in [0.25, 0.3) is 0 Å². The summed E-state index contributed by atoms with van der Waals surface area (Å²) < 4.78 is 0. The molecule has 2 nitrogen and oxygen atoms in total. The van der Waals surface area contributed by atoms with Crippen LogP contribution in [0.25, 0.3) is 0 Å². The van der Waals surface area contributed by atoms with Crippen LogP contribution in [0, 0.1) is 0 Å². The molecule has 0 saturated heterocycles. The molecule has 0 aliphatic heterocycles. The minimum Gasteiger partial charge on any atom is -0.294 e. The van der Waals surface area contributed by atoms with E-state index in [-0.39, 0.29) is 0 Å². The summed E-state index contributed by atoms with van der Waals surface area (Å²) in [5, 5.41) is 0. The van der Waals surface area contributed by atoms with E-state index in [2.05, 4.69) is 22.9 Å². The molecule has 1 aromatic heterocycles. The Morgan fingerprint density at radius 2 is 2.27 bits per heavy atom. The minimum atomic E-state index is 0.584. The highest BCUT2D eigenvalue weighted by molar-refractivity contribution is 6.18. The minimum absolute atomic E-state index is 0.584. The molecule has 1 heterocycles. The fourth-order valence-corrected chi connectivity index (χ4v) is 1.44. The van der Waals surface area contributed by atoms with E-state index in [4.69, 9.17) is 11.6 Å². The Balaban J connectivity index is 2.43. The lowest BCUT2D eigenvalue weighted by molar-refractivity contribution is 0.307. The van der Waals surface area contributed by atoms with Crippen LogP contribution in [0.3, 0.4) is 0 Å². The molecule has 0 aliphatic rings.